The topological polar surface area (TPSA) is 99.3 Å². The molecule has 0 aliphatic carbocycles. The molecule has 0 bridgehead atoms. The number of aromatic nitrogens is 1. The van der Waals surface area contributed by atoms with E-state index in [2.05, 4.69) is 10.3 Å². The van der Waals surface area contributed by atoms with Crippen LogP contribution in [0.4, 0.5) is 0 Å². The Kier molecular flexibility index (Phi) is 5.10. The molecule has 1 amide bonds. The van der Waals surface area contributed by atoms with Gasteiger partial charge >= 0.3 is 5.97 Å². The SMILES string of the molecule is CC(CCCC(=O)O)NC(=O)c1cccc(=O)[nH]1. The number of nitrogens with one attached hydrogen (secondary N) is 2. The molecule has 0 saturated heterocycles. The van der Waals surface area contributed by atoms with E-state index in [-0.39, 0.29) is 29.6 Å². The summed E-state index contributed by atoms with van der Waals surface area (Å²) in [7, 11) is 0. The monoisotopic (exact) mass is 252 g/mol. The lowest BCUT2D eigenvalue weighted by molar-refractivity contribution is -0.137. The summed E-state index contributed by atoms with van der Waals surface area (Å²) in [6, 6.07) is 4.21. The van der Waals surface area contributed by atoms with Crippen molar-refractivity contribution in [3.05, 3.63) is 34.2 Å². The zero-order chi connectivity index (χ0) is 13.5. The molecule has 0 fully saturated rings. The molecular formula is C12H16N2O4. The molecule has 1 rings (SSSR count). The van der Waals surface area contributed by atoms with Gasteiger partial charge in [-0.05, 0) is 25.8 Å². The van der Waals surface area contributed by atoms with Crippen molar-refractivity contribution >= 4 is 11.9 Å². The van der Waals surface area contributed by atoms with Crippen LogP contribution in [-0.4, -0.2) is 28.0 Å². The van der Waals surface area contributed by atoms with E-state index in [0.717, 1.165) is 0 Å². The number of aromatic amines is 1. The minimum Gasteiger partial charge on any atom is -0.481 e. The van der Waals surface area contributed by atoms with Crippen LogP contribution in [-0.2, 0) is 4.79 Å². The van der Waals surface area contributed by atoms with E-state index in [1.54, 1.807) is 6.92 Å². The Morgan fingerprint density at radius 3 is 2.78 bits per heavy atom. The third-order valence-electron chi connectivity index (χ3n) is 2.42. The standard InChI is InChI=1S/C12H16N2O4/c1-8(4-2-7-11(16)17)13-12(18)9-5-3-6-10(15)14-9/h3,5-6,8H,2,4,7H2,1H3,(H,13,18)(H,14,15)(H,16,17). The molecule has 1 heterocycles. The molecule has 1 aromatic heterocycles. The average Bonchev–Trinajstić information content (AvgIpc) is 2.28. The quantitative estimate of drug-likeness (QED) is 0.695. The van der Waals surface area contributed by atoms with Crippen LogP contribution in [0.3, 0.4) is 0 Å². The van der Waals surface area contributed by atoms with Crippen LogP contribution in [0.1, 0.15) is 36.7 Å². The zero-order valence-corrected chi connectivity index (χ0v) is 10.1. The van der Waals surface area contributed by atoms with Gasteiger partial charge in [0, 0.05) is 18.5 Å². The zero-order valence-electron chi connectivity index (χ0n) is 10.1. The van der Waals surface area contributed by atoms with E-state index in [4.69, 9.17) is 5.11 Å². The lowest BCUT2D eigenvalue weighted by atomic mass is 10.1. The molecule has 1 unspecified atom stereocenters. The summed E-state index contributed by atoms with van der Waals surface area (Å²) < 4.78 is 0. The van der Waals surface area contributed by atoms with E-state index >= 15 is 0 Å². The molecule has 0 aliphatic rings. The molecule has 0 aliphatic heterocycles. The van der Waals surface area contributed by atoms with Crippen molar-refractivity contribution < 1.29 is 14.7 Å². The van der Waals surface area contributed by atoms with Crippen LogP contribution in [0.25, 0.3) is 0 Å². The lowest BCUT2D eigenvalue weighted by Gasteiger charge is -2.12. The molecule has 1 atom stereocenters. The molecule has 0 spiro atoms. The number of carboxylic acids is 1. The number of rotatable bonds is 6. The predicted octanol–water partition coefficient (Wildman–Crippen LogP) is 0.748. The Morgan fingerprint density at radius 2 is 2.17 bits per heavy atom. The Morgan fingerprint density at radius 1 is 1.44 bits per heavy atom. The number of carbonyl (C=O) groups excluding carboxylic acids is 1. The highest BCUT2D eigenvalue weighted by Gasteiger charge is 2.10. The molecule has 18 heavy (non-hydrogen) atoms. The number of aliphatic carboxylic acids is 1. The fourth-order valence-electron chi connectivity index (χ4n) is 1.51. The van der Waals surface area contributed by atoms with Gasteiger partial charge in [-0.15, -0.1) is 0 Å². The molecule has 98 valence electrons. The van der Waals surface area contributed by atoms with Crippen LogP contribution in [0.15, 0.2) is 23.0 Å². The molecule has 6 heteroatoms. The van der Waals surface area contributed by atoms with Gasteiger partial charge < -0.3 is 15.4 Å². The molecule has 6 nitrogen and oxygen atoms in total. The second-order valence-electron chi connectivity index (χ2n) is 4.09. The third-order valence-corrected chi connectivity index (χ3v) is 2.42. The fraction of sp³-hybridized carbons (Fsp3) is 0.417. The molecule has 0 radical (unpaired) electrons. The minimum atomic E-state index is -0.846. The van der Waals surface area contributed by atoms with Crippen LogP contribution >= 0.6 is 0 Å². The van der Waals surface area contributed by atoms with Crippen molar-refractivity contribution in [3.8, 4) is 0 Å². The highest BCUT2D eigenvalue weighted by Crippen LogP contribution is 2.01. The number of carbonyl (C=O) groups is 2. The Labute approximate surface area is 104 Å². The smallest absolute Gasteiger partial charge is 0.303 e. The van der Waals surface area contributed by atoms with Gasteiger partial charge in [-0.25, -0.2) is 0 Å². The van der Waals surface area contributed by atoms with Crippen LogP contribution in [0.2, 0.25) is 0 Å². The van der Waals surface area contributed by atoms with Crippen molar-refractivity contribution in [2.45, 2.75) is 32.2 Å². The number of hydrogen-bond acceptors (Lipinski definition) is 3. The van der Waals surface area contributed by atoms with Gasteiger partial charge in [-0.3, -0.25) is 14.4 Å². The van der Waals surface area contributed by atoms with E-state index in [9.17, 15) is 14.4 Å². The van der Waals surface area contributed by atoms with Crippen LogP contribution in [0.5, 0.6) is 0 Å². The molecule has 3 N–H and O–H groups in total. The summed E-state index contributed by atoms with van der Waals surface area (Å²) in [6.07, 6.45) is 1.17. The fourth-order valence-corrected chi connectivity index (χ4v) is 1.51. The highest BCUT2D eigenvalue weighted by molar-refractivity contribution is 5.92. The second kappa shape index (κ2) is 6.58. The van der Waals surface area contributed by atoms with Gasteiger partial charge in [0.2, 0.25) is 5.56 Å². The Bertz CT molecular complexity index is 481. The van der Waals surface area contributed by atoms with Crippen LogP contribution < -0.4 is 10.9 Å². The van der Waals surface area contributed by atoms with E-state index in [1.807, 2.05) is 0 Å². The molecule has 1 aromatic rings. The maximum absolute atomic E-state index is 11.7. The normalized spacial score (nSPS) is 11.8. The van der Waals surface area contributed by atoms with Gasteiger partial charge in [-0.1, -0.05) is 6.07 Å². The summed E-state index contributed by atoms with van der Waals surface area (Å²) in [5.74, 6) is -1.21. The number of pyridine rings is 1. The van der Waals surface area contributed by atoms with Gasteiger partial charge in [0.15, 0.2) is 0 Å². The molecule has 0 saturated carbocycles. The van der Waals surface area contributed by atoms with Crippen molar-refractivity contribution in [1.82, 2.24) is 10.3 Å². The first-order valence-corrected chi connectivity index (χ1v) is 5.71. The minimum absolute atomic E-state index is 0.0857. The first-order chi connectivity index (χ1) is 8.49. The Balaban J connectivity index is 2.44. The maximum atomic E-state index is 11.7. The number of carboxylic acid groups (broad SMARTS) is 1. The number of H-pyrrole nitrogens is 1. The number of hydrogen-bond donors (Lipinski definition) is 3. The number of amides is 1. The van der Waals surface area contributed by atoms with Gasteiger partial charge in [0.05, 0.1) is 0 Å². The molecular weight excluding hydrogens is 236 g/mol. The van der Waals surface area contributed by atoms with Crippen molar-refractivity contribution in [1.29, 1.82) is 0 Å². The van der Waals surface area contributed by atoms with E-state index < -0.39 is 5.97 Å². The largest absolute Gasteiger partial charge is 0.481 e. The summed E-state index contributed by atoms with van der Waals surface area (Å²) >= 11 is 0. The Hall–Kier alpha value is -2.11. The summed E-state index contributed by atoms with van der Waals surface area (Å²) in [5.41, 5.74) is -0.131. The van der Waals surface area contributed by atoms with Gasteiger partial charge in [0.25, 0.3) is 5.91 Å². The maximum Gasteiger partial charge on any atom is 0.303 e. The average molecular weight is 252 g/mol. The third kappa shape index (κ3) is 4.82. The first kappa shape index (κ1) is 14.0. The second-order valence-corrected chi connectivity index (χ2v) is 4.09. The van der Waals surface area contributed by atoms with E-state index in [1.165, 1.54) is 18.2 Å². The van der Waals surface area contributed by atoms with Gasteiger partial charge in [0.1, 0.15) is 5.69 Å². The van der Waals surface area contributed by atoms with Crippen LogP contribution in [0, 0.1) is 0 Å². The predicted molar refractivity (Wildman–Crippen MR) is 65.5 cm³/mol. The van der Waals surface area contributed by atoms with Crippen molar-refractivity contribution in [3.63, 3.8) is 0 Å². The lowest BCUT2D eigenvalue weighted by Crippen LogP contribution is -2.33. The first-order valence-electron chi connectivity index (χ1n) is 5.71. The summed E-state index contributed by atoms with van der Waals surface area (Å²) in [6.45, 7) is 1.79. The van der Waals surface area contributed by atoms with Crippen molar-refractivity contribution in [2.75, 3.05) is 0 Å². The van der Waals surface area contributed by atoms with E-state index in [0.29, 0.717) is 12.8 Å². The van der Waals surface area contributed by atoms with Gasteiger partial charge in [-0.2, -0.15) is 0 Å². The van der Waals surface area contributed by atoms with Crippen molar-refractivity contribution in [2.24, 2.45) is 0 Å². The molecule has 0 aromatic carbocycles. The summed E-state index contributed by atoms with van der Waals surface area (Å²) in [4.78, 5) is 35.5. The highest BCUT2D eigenvalue weighted by atomic mass is 16.4. The summed E-state index contributed by atoms with van der Waals surface area (Å²) in [5, 5.41) is 11.2.